The number of nitro groups is 1. The minimum absolute atomic E-state index is 0.180. The van der Waals surface area contributed by atoms with Crippen LogP contribution in [0.5, 0.6) is 0 Å². The largest absolute Gasteiger partial charge is 0.369 e. The van der Waals surface area contributed by atoms with Crippen LogP contribution >= 0.6 is 0 Å². The lowest BCUT2D eigenvalue weighted by Gasteiger charge is -2.61. The van der Waals surface area contributed by atoms with Crippen LogP contribution in [0.1, 0.15) is 58.8 Å². The van der Waals surface area contributed by atoms with E-state index in [-0.39, 0.29) is 34.1 Å². The number of nitrogens with zero attached hydrogens (tertiary/aromatic N) is 1. The lowest BCUT2D eigenvalue weighted by molar-refractivity contribution is -0.385. The third-order valence-corrected chi connectivity index (χ3v) is 9.32. The van der Waals surface area contributed by atoms with Crippen LogP contribution in [0, 0.1) is 32.8 Å². The first-order chi connectivity index (χ1) is 14.8. The molecule has 3 N–H and O–H groups in total. The van der Waals surface area contributed by atoms with Gasteiger partial charge in [-0.25, -0.2) is 8.42 Å². The summed E-state index contributed by atoms with van der Waals surface area (Å²) in [6, 6.07) is 4.72. The first kappa shape index (κ1) is 22.8. The van der Waals surface area contributed by atoms with Gasteiger partial charge in [-0.1, -0.05) is 6.07 Å². The van der Waals surface area contributed by atoms with E-state index in [4.69, 9.17) is 5.73 Å². The average Bonchev–Trinajstić information content (AvgIpc) is 2.65. The van der Waals surface area contributed by atoms with Crippen LogP contribution in [0.3, 0.4) is 0 Å². The van der Waals surface area contributed by atoms with E-state index in [2.05, 4.69) is 4.72 Å². The summed E-state index contributed by atoms with van der Waals surface area (Å²) in [5.41, 5.74) is 3.16. The second-order valence-electron chi connectivity index (χ2n) is 10.7. The lowest BCUT2D eigenvalue weighted by Crippen LogP contribution is -2.58. The summed E-state index contributed by atoms with van der Waals surface area (Å²) < 4.78 is 28.2. The Hall–Kier alpha value is -2.33. The zero-order chi connectivity index (χ0) is 23.5. The monoisotopic (exact) mass is 463 g/mol. The van der Waals surface area contributed by atoms with Crippen LogP contribution in [0.25, 0.3) is 0 Å². The maximum atomic E-state index is 13.4. The Bertz CT molecular complexity index is 1080. The zero-order valence-corrected chi connectivity index (χ0v) is 19.1. The van der Waals surface area contributed by atoms with Crippen molar-refractivity contribution in [3.8, 4) is 0 Å². The second-order valence-corrected chi connectivity index (χ2v) is 12.4. The molecule has 0 heterocycles. The average molecular weight is 464 g/mol. The van der Waals surface area contributed by atoms with Gasteiger partial charge in [0.2, 0.25) is 15.9 Å². The molecule has 0 radical (unpaired) electrons. The molecule has 4 bridgehead atoms. The van der Waals surface area contributed by atoms with E-state index in [1.807, 2.05) is 0 Å². The highest BCUT2D eigenvalue weighted by molar-refractivity contribution is 7.89. The van der Waals surface area contributed by atoms with Gasteiger partial charge in [-0.05, 0) is 75.7 Å². The Morgan fingerprint density at radius 3 is 2.41 bits per heavy atom. The van der Waals surface area contributed by atoms with E-state index >= 15 is 0 Å². The Morgan fingerprint density at radius 2 is 1.84 bits per heavy atom. The number of nitrogens with one attached hydrogen (secondary N) is 1. The number of rotatable bonds is 8. The molecule has 1 aromatic carbocycles. The highest BCUT2D eigenvalue weighted by Gasteiger charge is 2.60. The molecule has 10 heteroatoms. The molecule has 0 spiro atoms. The minimum Gasteiger partial charge on any atom is -0.369 e. The molecule has 4 saturated carbocycles. The highest BCUT2D eigenvalue weighted by atomic mass is 32.2. The molecular formula is C22H29N3O6S. The Labute approximate surface area is 187 Å². The predicted molar refractivity (Wildman–Crippen MR) is 116 cm³/mol. The maximum absolute atomic E-state index is 13.4. The molecular weight excluding hydrogens is 434 g/mol. The molecule has 4 fully saturated rings. The van der Waals surface area contributed by atoms with E-state index in [1.54, 1.807) is 0 Å². The fraction of sp³-hybridized carbons (Fsp3) is 0.636. The van der Waals surface area contributed by atoms with Crippen molar-refractivity contribution in [3.63, 3.8) is 0 Å². The summed E-state index contributed by atoms with van der Waals surface area (Å²) in [6.07, 6.45) is 5.13. The van der Waals surface area contributed by atoms with Crippen molar-refractivity contribution in [2.75, 3.05) is 0 Å². The van der Waals surface area contributed by atoms with Gasteiger partial charge in [0.1, 0.15) is 0 Å². The van der Waals surface area contributed by atoms with Gasteiger partial charge in [-0.15, -0.1) is 0 Å². The molecule has 4 aliphatic carbocycles. The van der Waals surface area contributed by atoms with Gasteiger partial charge >= 0.3 is 0 Å². The number of hydrogen-bond donors (Lipinski definition) is 2. The Kier molecular flexibility index (Phi) is 5.24. The standard InChI is InChI=1S/C22H29N3O6S/c1-20(2,24-32(30,31)17-5-3-4-16(7-17)25(28)29)18(26)12-21-8-14-6-15(9-21)11-22(10-14,13-21)19(23)27/h3-5,7,14-15,24H,6,8-13H2,1-2H3,(H2,23,27). The minimum atomic E-state index is -4.16. The molecule has 9 nitrogen and oxygen atoms in total. The van der Waals surface area contributed by atoms with Crippen molar-refractivity contribution in [1.29, 1.82) is 0 Å². The molecule has 1 aromatic rings. The van der Waals surface area contributed by atoms with Gasteiger partial charge in [0.15, 0.2) is 5.78 Å². The summed E-state index contributed by atoms with van der Waals surface area (Å²) >= 11 is 0. The number of sulfonamides is 1. The number of amides is 1. The van der Waals surface area contributed by atoms with E-state index in [1.165, 1.54) is 32.0 Å². The number of hydrogen-bond acceptors (Lipinski definition) is 6. The Balaban J connectivity index is 1.54. The second kappa shape index (κ2) is 7.34. The van der Waals surface area contributed by atoms with Crippen molar-refractivity contribution in [2.24, 2.45) is 28.4 Å². The number of nitro benzene ring substituents is 1. The first-order valence-electron chi connectivity index (χ1n) is 10.9. The third-order valence-electron chi connectivity index (χ3n) is 7.67. The molecule has 5 rings (SSSR count). The van der Waals surface area contributed by atoms with Gasteiger partial charge in [0, 0.05) is 18.6 Å². The van der Waals surface area contributed by atoms with Gasteiger partial charge in [-0.3, -0.25) is 19.7 Å². The number of Topliss-reactive ketones (excluding diaryl/α,β-unsaturated/α-hetero) is 1. The van der Waals surface area contributed by atoms with Crippen LogP contribution < -0.4 is 10.5 Å². The first-order valence-corrected chi connectivity index (χ1v) is 12.4. The van der Waals surface area contributed by atoms with Gasteiger partial charge < -0.3 is 5.73 Å². The smallest absolute Gasteiger partial charge is 0.270 e. The molecule has 0 aromatic heterocycles. The molecule has 0 saturated heterocycles. The third kappa shape index (κ3) is 3.94. The lowest BCUT2D eigenvalue weighted by atomic mass is 9.43. The van der Waals surface area contributed by atoms with Crippen LogP contribution in [0.4, 0.5) is 5.69 Å². The molecule has 1 amide bonds. The van der Waals surface area contributed by atoms with Crippen molar-refractivity contribution in [3.05, 3.63) is 34.4 Å². The maximum Gasteiger partial charge on any atom is 0.270 e. The fourth-order valence-electron chi connectivity index (χ4n) is 6.72. The number of ketones is 1. The summed E-state index contributed by atoms with van der Waals surface area (Å²) in [6.45, 7) is 3.02. The Morgan fingerprint density at radius 1 is 1.22 bits per heavy atom. The van der Waals surface area contributed by atoms with Gasteiger partial charge in [-0.2, -0.15) is 4.72 Å². The van der Waals surface area contributed by atoms with Crippen LogP contribution in [0.15, 0.2) is 29.2 Å². The summed E-state index contributed by atoms with van der Waals surface area (Å²) in [5.74, 6) is 0.213. The SMILES string of the molecule is CC(C)(NS(=O)(=O)c1cccc([N+](=O)[O-])c1)C(=O)CC12CC3CC(C1)CC(C(N)=O)(C3)C2. The number of carbonyl (C=O) groups excluding carboxylic acids is 2. The summed E-state index contributed by atoms with van der Waals surface area (Å²) in [4.78, 5) is 35.7. The van der Waals surface area contributed by atoms with E-state index in [0.29, 0.717) is 18.3 Å². The number of primary amides is 1. The van der Waals surface area contributed by atoms with Crippen molar-refractivity contribution in [1.82, 2.24) is 4.72 Å². The molecule has 4 aliphatic rings. The molecule has 0 aliphatic heterocycles. The molecule has 174 valence electrons. The van der Waals surface area contributed by atoms with Gasteiger partial charge in [0.05, 0.1) is 20.8 Å². The van der Waals surface area contributed by atoms with Crippen molar-refractivity contribution >= 4 is 27.4 Å². The topological polar surface area (TPSA) is 149 Å². The van der Waals surface area contributed by atoms with Gasteiger partial charge in [0.25, 0.3) is 5.69 Å². The van der Waals surface area contributed by atoms with Crippen molar-refractivity contribution < 1.29 is 22.9 Å². The summed E-state index contributed by atoms with van der Waals surface area (Å²) in [5, 5.41) is 11.0. The number of non-ortho nitro benzene ring substituents is 1. The van der Waals surface area contributed by atoms with E-state index < -0.39 is 25.9 Å². The van der Waals surface area contributed by atoms with Crippen molar-refractivity contribution in [2.45, 2.75) is 69.2 Å². The molecule has 2 unspecified atom stereocenters. The molecule has 2 atom stereocenters. The number of benzene rings is 1. The van der Waals surface area contributed by atoms with E-state index in [9.17, 15) is 28.1 Å². The van der Waals surface area contributed by atoms with Crippen LogP contribution in [-0.4, -0.2) is 30.6 Å². The number of nitrogens with two attached hydrogens (primary N) is 1. The fourth-order valence-corrected chi connectivity index (χ4v) is 8.16. The van der Waals surface area contributed by atoms with E-state index in [0.717, 1.165) is 38.2 Å². The van der Waals surface area contributed by atoms with Crippen LogP contribution in [-0.2, 0) is 19.6 Å². The highest BCUT2D eigenvalue weighted by Crippen LogP contribution is 2.66. The zero-order valence-electron chi connectivity index (χ0n) is 18.3. The van der Waals surface area contributed by atoms with Crippen LogP contribution in [0.2, 0.25) is 0 Å². The normalized spacial score (nSPS) is 31.4. The predicted octanol–water partition coefficient (Wildman–Crippen LogP) is 2.68. The number of carbonyl (C=O) groups is 2. The quantitative estimate of drug-likeness (QED) is 0.447. The summed E-state index contributed by atoms with van der Waals surface area (Å²) in [7, 11) is -4.16. The molecule has 32 heavy (non-hydrogen) atoms.